The lowest BCUT2D eigenvalue weighted by Crippen LogP contribution is -2.46. The molecule has 0 heterocycles. The third kappa shape index (κ3) is 4.64. The maximum absolute atomic E-state index is 8.32. The summed E-state index contributed by atoms with van der Waals surface area (Å²) in [4.78, 5) is 0. The average molecular weight is 221 g/mol. The van der Waals surface area contributed by atoms with Crippen LogP contribution in [-0.4, -0.2) is 41.3 Å². The van der Waals surface area contributed by atoms with Gasteiger partial charge in [-0.15, -0.1) is 0 Å². The van der Waals surface area contributed by atoms with Gasteiger partial charge < -0.3 is 13.3 Å². The predicted molar refractivity (Wildman–Crippen MR) is 54.3 cm³/mol. The Morgan fingerprint density at radius 3 is 2.15 bits per heavy atom. The van der Waals surface area contributed by atoms with Crippen LogP contribution in [0, 0.1) is 11.3 Å². The van der Waals surface area contributed by atoms with Crippen LogP contribution < -0.4 is 0 Å². The smallest absolute Gasteiger partial charge is 0.376 e. The molecule has 0 fully saturated rings. The summed E-state index contributed by atoms with van der Waals surface area (Å²) in [6.45, 7) is 0. The Labute approximate surface area is 84.5 Å². The van der Waals surface area contributed by atoms with Crippen molar-refractivity contribution in [2.24, 2.45) is 0 Å². The van der Waals surface area contributed by atoms with E-state index in [0.29, 0.717) is 11.8 Å². The zero-order chi connectivity index (χ0) is 10.2. The lowest BCUT2D eigenvalue weighted by molar-refractivity contribution is 0.130. The Bertz CT molecular complexity index is 161. The molecule has 0 aromatic rings. The second kappa shape index (κ2) is 7.35. The van der Waals surface area contributed by atoms with E-state index in [1.165, 1.54) is 0 Å². The van der Waals surface area contributed by atoms with Crippen LogP contribution in [0.5, 0.6) is 0 Å². The second-order valence-electron chi connectivity index (χ2n) is 2.26. The van der Waals surface area contributed by atoms with Crippen LogP contribution in [0.1, 0.15) is 6.42 Å². The van der Waals surface area contributed by atoms with Gasteiger partial charge in [0.2, 0.25) is 0 Å². The van der Waals surface area contributed by atoms with E-state index in [2.05, 4.69) is 6.07 Å². The molecular weight excluding hydrogens is 206 g/mol. The molecule has 0 saturated heterocycles. The first-order valence-corrected chi connectivity index (χ1v) is 6.93. The molecule has 0 aromatic heterocycles. The Kier molecular flexibility index (Phi) is 7.32. The summed E-state index contributed by atoms with van der Waals surface area (Å²) in [5.74, 6) is 0.793. The molecule has 0 amide bonds. The molecule has 0 unspecified atom stereocenters. The van der Waals surface area contributed by atoms with E-state index >= 15 is 0 Å². The van der Waals surface area contributed by atoms with Crippen LogP contribution in [0.15, 0.2) is 0 Å². The third-order valence-electron chi connectivity index (χ3n) is 1.57. The van der Waals surface area contributed by atoms with Crippen molar-refractivity contribution in [1.29, 1.82) is 5.26 Å². The van der Waals surface area contributed by atoms with Crippen LogP contribution in [0.4, 0.5) is 0 Å². The number of hydrogen-bond donors (Lipinski definition) is 0. The van der Waals surface area contributed by atoms with Gasteiger partial charge in [0.15, 0.2) is 0 Å². The fourth-order valence-corrected chi connectivity index (χ4v) is 4.47. The number of thioether (sulfide) groups is 1. The highest BCUT2D eigenvalue weighted by atomic mass is 32.2. The van der Waals surface area contributed by atoms with Crippen molar-refractivity contribution >= 4 is 20.6 Å². The minimum absolute atomic E-state index is 0.548. The van der Waals surface area contributed by atoms with Gasteiger partial charge in [-0.1, -0.05) is 0 Å². The fraction of sp³-hybridized carbons (Fsp3) is 0.857. The maximum Gasteiger partial charge on any atom is 0.510 e. The number of hydrogen-bond acceptors (Lipinski definition) is 5. The van der Waals surface area contributed by atoms with E-state index in [9.17, 15) is 0 Å². The van der Waals surface area contributed by atoms with Crippen molar-refractivity contribution in [2.75, 3.05) is 32.5 Å². The third-order valence-corrected chi connectivity index (χ3v) is 6.16. The number of rotatable bonds is 7. The van der Waals surface area contributed by atoms with Gasteiger partial charge in [0.05, 0.1) is 11.4 Å². The van der Waals surface area contributed by atoms with Gasteiger partial charge in [-0.05, 0) is 0 Å². The number of nitrogens with zero attached hydrogens (tertiary/aromatic N) is 1. The molecule has 0 aromatic carbocycles. The zero-order valence-corrected chi connectivity index (χ0v) is 10.0. The normalized spacial score (nSPS) is 11.2. The van der Waals surface area contributed by atoms with Crippen molar-refractivity contribution in [1.82, 2.24) is 0 Å². The lowest BCUT2D eigenvalue weighted by atomic mass is 10.6. The second-order valence-corrected chi connectivity index (χ2v) is 6.82. The Balaban J connectivity index is 3.76. The van der Waals surface area contributed by atoms with E-state index in [-0.39, 0.29) is 0 Å². The molecule has 0 radical (unpaired) electrons. The molecule has 6 heteroatoms. The molecule has 0 spiro atoms. The van der Waals surface area contributed by atoms with Crippen molar-refractivity contribution in [3.63, 3.8) is 0 Å². The Hall–Kier alpha value is -0.0631. The quantitative estimate of drug-likeness (QED) is 0.475. The summed E-state index contributed by atoms with van der Waals surface area (Å²) in [5.41, 5.74) is 0. The first kappa shape index (κ1) is 12.9. The van der Waals surface area contributed by atoms with Crippen LogP contribution in [0.25, 0.3) is 0 Å². The summed E-state index contributed by atoms with van der Waals surface area (Å²) in [6, 6.07) is 2.08. The summed E-state index contributed by atoms with van der Waals surface area (Å²) < 4.78 is 15.6. The van der Waals surface area contributed by atoms with Crippen molar-refractivity contribution in [3.05, 3.63) is 0 Å². The van der Waals surface area contributed by atoms with Crippen LogP contribution in [0.3, 0.4) is 0 Å². The zero-order valence-electron chi connectivity index (χ0n) is 8.20. The molecule has 4 nitrogen and oxygen atoms in total. The molecule has 0 N–H and O–H groups in total. The van der Waals surface area contributed by atoms with Gasteiger partial charge in [0.25, 0.3) is 0 Å². The molecule has 0 aliphatic rings. The van der Waals surface area contributed by atoms with Gasteiger partial charge in [-0.3, -0.25) is 0 Å². The number of nitriles is 1. The molecule has 0 aliphatic carbocycles. The van der Waals surface area contributed by atoms with E-state index in [4.69, 9.17) is 18.5 Å². The van der Waals surface area contributed by atoms with Gasteiger partial charge in [-0.25, -0.2) is 0 Å². The summed E-state index contributed by atoms with van der Waals surface area (Å²) in [7, 11) is 2.35. The fourth-order valence-electron chi connectivity index (χ4n) is 0.742. The Morgan fingerprint density at radius 2 is 1.77 bits per heavy atom. The van der Waals surface area contributed by atoms with Gasteiger partial charge >= 0.3 is 8.80 Å². The van der Waals surface area contributed by atoms with E-state index in [0.717, 1.165) is 5.75 Å². The average Bonchev–Trinajstić information content (AvgIpc) is 2.20. The van der Waals surface area contributed by atoms with Crippen LogP contribution >= 0.6 is 11.8 Å². The standard InChI is InChI=1S/C7H15NO3SSi/c1-9-13(10-2,11-3)7-12-6-4-5-8/h4,6-7H2,1-3H3. The van der Waals surface area contributed by atoms with E-state index in [1.54, 1.807) is 33.1 Å². The minimum atomic E-state index is -2.41. The highest BCUT2D eigenvalue weighted by molar-refractivity contribution is 8.00. The lowest BCUT2D eigenvalue weighted by Gasteiger charge is -2.23. The largest absolute Gasteiger partial charge is 0.510 e. The van der Waals surface area contributed by atoms with Crippen molar-refractivity contribution < 1.29 is 13.3 Å². The molecule has 0 aliphatic heterocycles. The first-order valence-electron chi connectivity index (χ1n) is 3.85. The topological polar surface area (TPSA) is 51.5 Å². The Morgan fingerprint density at radius 1 is 1.23 bits per heavy atom. The summed E-state index contributed by atoms with van der Waals surface area (Å²) in [6.07, 6.45) is 0.548. The molecule has 0 bridgehead atoms. The van der Waals surface area contributed by atoms with E-state index in [1.807, 2.05) is 0 Å². The monoisotopic (exact) mass is 221 g/mol. The summed E-state index contributed by atoms with van der Waals surface area (Å²) in [5, 5.41) is 9.01. The molecular formula is C7H15NO3SSi. The van der Waals surface area contributed by atoms with Crippen LogP contribution in [0.2, 0.25) is 0 Å². The van der Waals surface area contributed by atoms with E-state index < -0.39 is 8.80 Å². The summed E-state index contributed by atoms with van der Waals surface area (Å²) >= 11 is 1.62. The van der Waals surface area contributed by atoms with Crippen LogP contribution in [-0.2, 0) is 13.3 Å². The highest BCUT2D eigenvalue weighted by Crippen LogP contribution is 2.14. The maximum atomic E-state index is 8.32. The first-order chi connectivity index (χ1) is 6.24. The molecule has 0 atom stereocenters. The predicted octanol–water partition coefficient (Wildman–Crippen LogP) is 1.05. The van der Waals surface area contributed by atoms with Gasteiger partial charge in [-0.2, -0.15) is 17.0 Å². The minimum Gasteiger partial charge on any atom is -0.376 e. The van der Waals surface area contributed by atoms with Crippen molar-refractivity contribution in [2.45, 2.75) is 6.42 Å². The molecule has 13 heavy (non-hydrogen) atoms. The van der Waals surface area contributed by atoms with Gasteiger partial charge in [0, 0.05) is 33.5 Å². The molecule has 0 rings (SSSR count). The van der Waals surface area contributed by atoms with Gasteiger partial charge in [0.1, 0.15) is 0 Å². The van der Waals surface area contributed by atoms with Crippen molar-refractivity contribution in [3.8, 4) is 6.07 Å². The SMILES string of the molecule is CO[Si](CSCCC#N)(OC)OC. The highest BCUT2D eigenvalue weighted by Gasteiger charge is 2.37. The molecule has 76 valence electrons. The molecule has 0 saturated carbocycles.